The SMILES string of the molecule is CCCC(CCC)(C(=O)OCC)c1cccs1. The maximum absolute atomic E-state index is 12.3. The zero-order valence-electron chi connectivity index (χ0n) is 11.0. The van der Waals surface area contributed by atoms with Gasteiger partial charge in [0, 0.05) is 4.88 Å². The molecule has 1 rings (SSSR count). The highest BCUT2D eigenvalue weighted by atomic mass is 32.1. The fraction of sp³-hybridized carbons (Fsp3) is 0.643. The molecular weight excluding hydrogens is 232 g/mol. The fourth-order valence-corrected chi connectivity index (χ4v) is 3.32. The van der Waals surface area contributed by atoms with Crippen molar-refractivity contribution in [2.45, 2.75) is 51.9 Å². The quantitative estimate of drug-likeness (QED) is 0.683. The van der Waals surface area contributed by atoms with Gasteiger partial charge >= 0.3 is 5.97 Å². The lowest BCUT2D eigenvalue weighted by Crippen LogP contribution is -2.36. The summed E-state index contributed by atoms with van der Waals surface area (Å²) in [6.07, 6.45) is 3.74. The van der Waals surface area contributed by atoms with Crippen molar-refractivity contribution in [3.8, 4) is 0 Å². The van der Waals surface area contributed by atoms with Crippen molar-refractivity contribution in [3.05, 3.63) is 22.4 Å². The molecule has 0 bridgehead atoms. The zero-order valence-corrected chi connectivity index (χ0v) is 11.8. The van der Waals surface area contributed by atoms with E-state index >= 15 is 0 Å². The van der Waals surface area contributed by atoms with Gasteiger partial charge < -0.3 is 4.74 Å². The van der Waals surface area contributed by atoms with Gasteiger partial charge in [-0.1, -0.05) is 32.8 Å². The molecule has 0 aliphatic heterocycles. The molecule has 0 saturated heterocycles. The number of thiophene rings is 1. The van der Waals surface area contributed by atoms with Crippen molar-refractivity contribution in [2.75, 3.05) is 6.61 Å². The van der Waals surface area contributed by atoms with Crippen molar-refractivity contribution in [1.82, 2.24) is 0 Å². The summed E-state index contributed by atoms with van der Waals surface area (Å²) in [6, 6.07) is 4.08. The Kier molecular flexibility index (Phi) is 5.69. The van der Waals surface area contributed by atoms with Crippen LogP contribution in [0.25, 0.3) is 0 Å². The summed E-state index contributed by atoms with van der Waals surface area (Å²) in [6.45, 7) is 6.57. The average Bonchev–Trinajstić information content (AvgIpc) is 2.82. The summed E-state index contributed by atoms with van der Waals surface area (Å²) >= 11 is 1.66. The number of carbonyl (C=O) groups is 1. The molecule has 0 spiro atoms. The molecule has 1 aromatic rings. The van der Waals surface area contributed by atoms with Crippen LogP contribution in [-0.2, 0) is 14.9 Å². The van der Waals surface area contributed by atoms with E-state index in [-0.39, 0.29) is 5.97 Å². The summed E-state index contributed by atoms with van der Waals surface area (Å²) in [5, 5.41) is 2.04. The normalized spacial score (nSPS) is 11.5. The molecule has 0 fully saturated rings. The molecule has 3 heteroatoms. The number of ether oxygens (including phenoxy) is 1. The van der Waals surface area contributed by atoms with E-state index in [0.717, 1.165) is 30.6 Å². The standard InChI is InChI=1S/C14H22O2S/c1-4-9-14(10-5-2,13(15)16-6-3)12-8-7-11-17-12/h7-8,11H,4-6,9-10H2,1-3H3. The summed E-state index contributed by atoms with van der Waals surface area (Å²) in [5.41, 5.74) is -0.409. The van der Waals surface area contributed by atoms with E-state index in [1.54, 1.807) is 11.3 Å². The largest absolute Gasteiger partial charge is 0.465 e. The van der Waals surface area contributed by atoms with Gasteiger partial charge in [0.1, 0.15) is 5.41 Å². The highest BCUT2D eigenvalue weighted by molar-refractivity contribution is 7.10. The van der Waals surface area contributed by atoms with Crippen molar-refractivity contribution >= 4 is 17.3 Å². The predicted octanol–water partition coefficient (Wildman–Crippen LogP) is 4.15. The van der Waals surface area contributed by atoms with Crippen LogP contribution >= 0.6 is 11.3 Å². The van der Waals surface area contributed by atoms with Crippen LogP contribution in [0.5, 0.6) is 0 Å². The third-order valence-electron chi connectivity index (χ3n) is 3.01. The van der Waals surface area contributed by atoms with Crippen LogP contribution in [0.2, 0.25) is 0 Å². The molecule has 0 N–H and O–H groups in total. The molecular formula is C14H22O2S. The van der Waals surface area contributed by atoms with Crippen molar-refractivity contribution in [1.29, 1.82) is 0 Å². The molecule has 17 heavy (non-hydrogen) atoms. The van der Waals surface area contributed by atoms with E-state index in [9.17, 15) is 4.79 Å². The molecule has 96 valence electrons. The summed E-state index contributed by atoms with van der Waals surface area (Å²) in [7, 11) is 0. The van der Waals surface area contributed by atoms with Gasteiger partial charge in [0.25, 0.3) is 0 Å². The molecule has 0 saturated carbocycles. The topological polar surface area (TPSA) is 26.3 Å². The summed E-state index contributed by atoms with van der Waals surface area (Å²) in [5.74, 6) is -0.0499. The number of carbonyl (C=O) groups excluding carboxylic acids is 1. The first kappa shape index (κ1) is 14.2. The molecule has 0 aliphatic carbocycles. The van der Waals surface area contributed by atoms with E-state index in [4.69, 9.17) is 4.74 Å². The summed E-state index contributed by atoms with van der Waals surface area (Å²) < 4.78 is 5.30. The Morgan fingerprint density at radius 2 is 1.94 bits per heavy atom. The van der Waals surface area contributed by atoms with E-state index in [1.807, 2.05) is 18.4 Å². The third kappa shape index (κ3) is 3.09. The maximum atomic E-state index is 12.3. The van der Waals surface area contributed by atoms with Gasteiger partial charge in [0.15, 0.2) is 0 Å². The first-order chi connectivity index (χ1) is 8.21. The minimum Gasteiger partial charge on any atom is -0.465 e. The number of hydrogen-bond acceptors (Lipinski definition) is 3. The minimum absolute atomic E-state index is 0.0499. The van der Waals surface area contributed by atoms with Crippen LogP contribution in [0.15, 0.2) is 17.5 Å². The lowest BCUT2D eigenvalue weighted by Gasteiger charge is -2.30. The van der Waals surface area contributed by atoms with Crippen LogP contribution < -0.4 is 0 Å². The van der Waals surface area contributed by atoms with Crippen LogP contribution in [0.1, 0.15) is 51.3 Å². The van der Waals surface area contributed by atoms with Gasteiger partial charge in [0.2, 0.25) is 0 Å². The Hall–Kier alpha value is -0.830. The van der Waals surface area contributed by atoms with Crippen LogP contribution in [0.3, 0.4) is 0 Å². The Balaban J connectivity index is 3.07. The van der Waals surface area contributed by atoms with Crippen LogP contribution in [0, 0.1) is 0 Å². The van der Waals surface area contributed by atoms with Crippen molar-refractivity contribution in [3.63, 3.8) is 0 Å². The molecule has 0 amide bonds. The van der Waals surface area contributed by atoms with E-state index < -0.39 is 5.41 Å². The zero-order chi connectivity index (χ0) is 12.7. The molecule has 0 unspecified atom stereocenters. The fourth-order valence-electron chi connectivity index (χ4n) is 2.35. The van der Waals surface area contributed by atoms with Gasteiger partial charge in [0.05, 0.1) is 6.61 Å². The highest BCUT2D eigenvalue weighted by Gasteiger charge is 2.40. The second-order valence-electron chi connectivity index (χ2n) is 4.28. The maximum Gasteiger partial charge on any atom is 0.317 e. The number of hydrogen-bond donors (Lipinski definition) is 0. The first-order valence-corrected chi connectivity index (χ1v) is 7.30. The van der Waals surface area contributed by atoms with Gasteiger partial charge in [-0.25, -0.2) is 0 Å². The molecule has 0 aromatic carbocycles. The molecule has 1 aromatic heterocycles. The van der Waals surface area contributed by atoms with E-state index in [1.165, 1.54) is 0 Å². The van der Waals surface area contributed by atoms with Crippen LogP contribution in [0.4, 0.5) is 0 Å². The Labute approximate surface area is 108 Å². The Morgan fingerprint density at radius 3 is 2.35 bits per heavy atom. The number of rotatable bonds is 7. The minimum atomic E-state index is -0.409. The monoisotopic (exact) mass is 254 g/mol. The lowest BCUT2D eigenvalue weighted by molar-refractivity contribution is -0.150. The summed E-state index contributed by atoms with van der Waals surface area (Å²) in [4.78, 5) is 13.5. The predicted molar refractivity (Wildman–Crippen MR) is 72.4 cm³/mol. The molecule has 0 aliphatic rings. The first-order valence-electron chi connectivity index (χ1n) is 6.42. The molecule has 0 radical (unpaired) electrons. The Bertz CT molecular complexity index is 324. The third-order valence-corrected chi connectivity index (χ3v) is 4.09. The van der Waals surface area contributed by atoms with Gasteiger partial charge in [-0.2, -0.15) is 0 Å². The van der Waals surface area contributed by atoms with Gasteiger partial charge in [-0.05, 0) is 31.2 Å². The second-order valence-corrected chi connectivity index (χ2v) is 5.23. The average molecular weight is 254 g/mol. The van der Waals surface area contributed by atoms with E-state index in [2.05, 4.69) is 19.9 Å². The number of esters is 1. The highest BCUT2D eigenvalue weighted by Crippen LogP contribution is 2.38. The smallest absolute Gasteiger partial charge is 0.317 e. The van der Waals surface area contributed by atoms with Gasteiger partial charge in [-0.15, -0.1) is 11.3 Å². The molecule has 2 nitrogen and oxygen atoms in total. The lowest BCUT2D eigenvalue weighted by atomic mass is 9.78. The molecule has 0 atom stereocenters. The van der Waals surface area contributed by atoms with Crippen LogP contribution in [-0.4, -0.2) is 12.6 Å². The van der Waals surface area contributed by atoms with Gasteiger partial charge in [-0.3, -0.25) is 4.79 Å². The van der Waals surface area contributed by atoms with Crippen molar-refractivity contribution in [2.24, 2.45) is 0 Å². The Morgan fingerprint density at radius 1 is 1.29 bits per heavy atom. The molecule has 1 heterocycles. The second kappa shape index (κ2) is 6.80. The van der Waals surface area contributed by atoms with Crippen molar-refractivity contribution < 1.29 is 9.53 Å². The van der Waals surface area contributed by atoms with E-state index in [0.29, 0.717) is 6.61 Å².